The molecule has 4 aromatic heterocycles. The van der Waals surface area contributed by atoms with Crippen LogP contribution in [0.25, 0.3) is 45.6 Å². The van der Waals surface area contributed by atoms with E-state index in [1.807, 2.05) is 60.7 Å². The lowest BCUT2D eigenvalue weighted by molar-refractivity contribution is 0.0593. The summed E-state index contributed by atoms with van der Waals surface area (Å²) < 4.78 is 6.05. The van der Waals surface area contributed by atoms with Gasteiger partial charge in [-0.25, -0.2) is 44.4 Å². The molecule has 1 aliphatic heterocycles. The van der Waals surface area contributed by atoms with E-state index in [2.05, 4.69) is 71.7 Å². The largest absolute Gasteiger partial charge is 0.443 e. The Bertz CT molecular complexity index is 2250. The highest BCUT2D eigenvalue weighted by Crippen LogP contribution is 2.38. The molecule has 0 aliphatic carbocycles. The van der Waals surface area contributed by atoms with Gasteiger partial charge < -0.3 is 14.7 Å². The Kier molecular flexibility index (Phi) is 8.12. The molecular weight excluding hydrogens is 760 g/mol. The van der Waals surface area contributed by atoms with Crippen molar-refractivity contribution in [1.29, 1.82) is 0 Å². The average molecular weight is 784 g/mol. The summed E-state index contributed by atoms with van der Waals surface area (Å²) >= 11 is 6.64. The van der Waals surface area contributed by atoms with Crippen LogP contribution in [0.3, 0.4) is 0 Å². The Labute approximate surface area is 295 Å². The van der Waals surface area contributed by atoms with Crippen LogP contribution < -0.4 is 9.80 Å². The van der Waals surface area contributed by atoms with Gasteiger partial charge in [-0.05, 0) is 63.8 Å². The average Bonchev–Trinajstić information content (AvgIpc) is 3.83. The number of anilines is 2. The zero-order valence-corrected chi connectivity index (χ0v) is 29.1. The third-order valence-corrected chi connectivity index (χ3v) is 8.05. The molecule has 16 heteroatoms. The van der Waals surface area contributed by atoms with Gasteiger partial charge in [-0.1, -0.05) is 60.7 Å². The fourth-order valence-corrected chi connectivity index (χ4v) is 5.71. The van der Waals surface area contributed by atoms with Gasteiger partial charge in [0.2, 0.25) is 0 Å². The van der Waals surface area contributed by atoms with Crippen LogP contribution in [0.5, 0.6) is 0 Å². The summed E-state index contributed by atoms with van der Waals surface area (Å²) in [5.74, 6) is -0.790. The molecule has 14 nitrogen and oxygen atoms in total. The summed E-state index contributed by atoms with van der Waals surface area (Å²) in [5.41, 5.74) is 1.97. The number of benzene rings is 2. The number of nitrogens with zero attached hydrogens (tertiary/aromatic N) is 8. The lowest BCUT2D eigenvalue weighted by Crippen LogP contribution is -2.50. The number of ether oxygens (including phenoxy) is 1. The molecule has 1 aliphatic rings. The number of halogens is 2. The smallest absolute Gasteiger partial charge is 0.424 e. The van der Waals surface area contributed by atoms with Crippen LogP contribution in [-0.4, -0.2) is 63.5 Å². The monoisotopic (exact) mass is 782 g/mol. The molecule has 0 unspecified atom stereocenters. The van der Waals surface area contributed by atoms with Crippen molar-refractivity contribution in [3.05, 3.63) is 94.2 Å². The highest BCUT2D eigenvalue weighted by molar-refractivity contribution is 9.10. The number of urea groups is 1. The molecule has 0 radical (unpaired) electrons. The molecule has 6 aromatic rings. The maximum Gasteiger partial charge on any atom is 0.424 e. The Hall–Kier alpha value is -5.61. The fourth-order valence-electron chi connectivity index (χ4n) is 4.99. The lowest BCUT2D eigenvalue weighted by atomic mass is 10.2. The third-order valence-electron chi connectivity index (χ3n) is 7.12. The van der Waals surface area contributed by atoms with Crippen LogP contribution in [0.4, 0.5) is 21.2 Å². The standard InChI is InChI=1S/C33H24Br2N10O4/c1-33(2,3)49-32(48)45(28-23(41-21(34)16-38-28)26-36-14-19(39-26)17-10-6-4-7-11-17)31(47)44-29-24(42-25(35)22(43-29)30(44)46)27-37-15-20(40-27)18-12-8-5-9-13-18/h4-16H,1-3H3,(H,36,39)(H,37,40). The number of amides is 4. The van der Waals surface area contributed by atoms with Crippen LogP contribution in [0.1, 0.15) is 31.3 Å². The van der Waals surface area contributed by atoms with Gasteiger partial charge in [0.1, 0.15) is 14.8 Å². The Morgan fingerprint density at radius 1 is 0.755 bits per heavy atom. The predicted octanol–water partition coefficient (Wildman–Crippen LogP) is 7.43. The summed E-state index contributed by atoms with van der Waals surface area (Å²) in [5, 5.41) is 0. The molecule has 2 aromatic carbocycles. The summed E-state index contributed by atoms with van der Waals surface area (Å²) in [7, 11) is 0. The third kappa shape index (κ3) is 6.11. The molecule has 244 valence electrons. The predicted molar refractivity (Wildman–Crippen MR) is 186 cm³/mol. The highest BCUT2D eigenvalue weighted by atomic mass is 79.9. The van der Waals surface area contributed by atoms with Crippen LogP contribution in [0.15, 0.2) is 88.5 Å². The Balaban J connectivity index is 1.34. The van der Waals surface area contributed by atoms with E-state index in [9.17, 15) is 14.4 Å². The number of imide groups is 2. The molecule has 0 saturated carbocycles. The van der Waals surface area contributed by atoms with Crippen molar-refractivity contribution < 1.29 is 19.1 Å². The first-order valence-corrected chi connectivity index (χ1v) is 16.3. The number of hydrogen-bond acceptors (Lipinski definition) is 10. The quantitative estimate of drug-likeness (QED) is 0.179. The second kappa shape index (κ2) is 12.4. The first-order chi connectivity index (χ1) is 23.5. The molecule has 49 heavy (non-hydrogen) atoms. The second-order valence-electron chi connectivity index (χ2n) is 11.7. The highest BCUT2D eigenvalue weighted by Gasteiger charge is 2.45. The van der Waals surface area contributed by atoms with E-state index in [4.69, 9.17) is 4.74 Å². The second-order valence-corrected chi connectivity index (χ2v) is 13.2. The number of hydrogen-bond donors (Lipinski definition) is 2. The lowest BCUT2D eigenvalue weighted by Gasteiger charge is -2.28. The number of imidazole rings is 2. The van der Waals surface area contributed by atoms with Gasteiger partial charge >= 0.3 is 12.1 Å². The molecule has 0 spiro atoms. The number of aromatic amines is 2. The van der Waals surface area contributed by atoms with Gasteiger partial charge in [0.25, 0.3) is 5.91 Å². The SMILES string of the molecule is CC(C)(C)OC(=O)N(C(=O)N1C(=O)c2nc1c(-c1ncc(-c3ccccc3)[nH]1)nc2Br)c1ncc(Br)nc1-c1ncc(-c2ccccc2)[nH]1. The van der Waals surface area contributed by atoms with Crippen LogP contribution in [0, 0.1) is 0 Å². The number of nitrogens with one attached hydrogen (secondary N) is 2. The molecule has 2 N–H and O–H groups in total. The van der Waals surface area contributed by atoms with E-state index in [1.54, 1.807) is 33.2 Å². The normalized spacial score (nSPS) is 12.3. The summed E-state index contributed by atoms with van der Waals surface area (Å²) in [4.78, 5) is 76.9. The van der Waals surface area contributed by atoms with Crippen molar-refractivity contribution in [3.63, 3.8) is 0 Å². The molecule has 0 saturated heterocycles. The molecule has 7 rings (SSSR count). The number of rotatable bonds is 5. The minimum atomic E-state index is -1.13. The van der Waals surface area contributed by atoms with Crippen molar-refractivity contribution in [1.82, 2.24) is 39.9 Å². The summed E-state index contributed by atoms with van der Waals surface area (Å²) in [6.07, 6.45) is 3.40. The fraction of sp³-hybridized carbons (Fsp3) is 0.121. The van der Waals surface area contributed by atoms with Gasteiger partial charge in [-0.15, -0.1) is 0 Å². The first kappa shape index (κ1) is 32.0. The minimum Gasteiger partial charge on any atom is -0.443 e. The zero-order chi connectivity index (χ0) is 34.4. The topological polar surface area (TPSA) is 176 Å². The maximum atomic E-state index is 14.6. The number of carbonyl (C=O) groups excluding carboxylic acids is 3. The molecule has 5 heterocycles. The van der Waals surface area contributed by atoms with Gasteiger partial charge in [-0.2, -0.15) is 4.90 Å². The van der Waals surface area contributed by atoms with E-state index in [-0.39, 0.29) is 45.0 Å². The van der Waals surface area contributed by atoms with Gasteiger partial charge in [-0.3, -0.25) is 4.79 Å². The Morgan fingerprint density at radius 2 is 1.33 bits per heavy atom. The zero-order valence-electron chi connectivity index (χ0n) is 26.0. The minimum absolute atomic E-state index is 0.0279. The van der Waals surface area contributed by atoms with Gasteiger partial charge in [0, 0.05) is 0 Å². The van der Waals surface area contributed by atoms with Crippen molar-refractivity contribution in [2.45, 2.75) is 26.4 Å². The van der Waals surface area contributed by atoms with E-state index < -0.39 is 23.6 Å². The molecule has 0 atom stereocenters. The van der Waals surface area contributed by atoms with Crippen molar-refractivity contribution in [2.75, 3.05) is 9.80 Å². The van der Waals surface area contributed by atoms with Gasteiger partial charge in [0.05, 0.1) is 30.0 Å². The first-order valence-electron chi connectivity index (χ1n) is 14.7. The molecular formula is C33H24Br2N10O4. The van der Waals surface area contributed by atoms with E-state index in [0.717, 1.165) is 16.0 Å². The molecule has 2 bridgehead atoms. The van der Waals surface area contributed by atoms with Crippen LogP contribution in [0.2, 0.25) is 0 Å². The van der Waals surface area contributed by atoms with E-state index in [0.29, 0.717) is 20.9 Å². The summed E-state index contributed by atoms with van der Waals surface area (Å²) in [6, 6.07) is 17.8. The maximum absolute atomic E-state index is 14.6. The Morgan fingerprint density at radius 3 is 1.90 bits per heavy atom. The number of aromatic nitrogens is 8. The number of carbonyl (C=O) groups is 3. The number of H-pyrrole nitrogens is 2. The van der Waals surface area contributed by atoms with Crippen LogP contribution >= 0.6 is 31.9 Å². The van der Waals surface area contributed by atoms with Crippen molar-refractivity contribution >= 4 is 61.5 Å². The van der Waals surface area contributed by atoms with Crippen molar-refractivity contribution in [2.24, 2.45) is 0 Å². The van der Waals surface area contributed by atoms with Crippen LogP contribution in [-0.2, 0) is 4.74 Å². The van der Waals surface area contributed by atoms with E-state index >= 15 is 0 Å². The van der Waals surface area contributed by atoms with Crippen molar-refractivity contribution in [3.8, 4) is 45.6 Å². The van der Waals surface area contributed by atoms with Gasteiger partial charge in [0.15, 0.2) is 40.4 Å². The molecule has 0 fully saturated rings. The summed E-state index contributed by atoms with van der Waals surface area (Å²) in [6.45, 7) is 4.94. The van der Waals surface area contributed by atoms with E-state index in [1.165, 1.54) is 6.20 Å². The number of fused-ring (bicyclic) bond motifs is 2. The molecule has 4 amide bonds.